The van der Waals surface area contributed by atoms with Crippen LogP contribution in [0.5, 0.6) is 0 Å². The minimum absolute atomic E-state index is 0.0109. The smallest absolute Gasteiger partial charge is 0.317 e. The number of hydrogen-bond donors (Lipinski definition) is 4. The molecule has 144 valence electrons. The number of fused-ring (bicyclic) bond motifs is 1. The van der Waals surface area contributed by atoms with E-state index < -0.39 is 11.9 Å². The number of hydrogen-bond acceptors (Lipinski definition) is 6. The molecule has 0 aliphatic heterocycles. The molecule has 0 fully saturated rings. The van der Waals surface area contributed by atoms with Crippen LogP contribution in [-0.4, -0.2) is 54.9 Å². The molecule has 1 aromatic carbocycles. The van der Waals surface area contributed by atoms with Crippen molar-refractivity contribution in [2.24, 2.45) is 5.73 Å². The summed E-state index contributed by atoms with van der Waals surface area (Å²) in [6, 6.07) is 12.1. The molecule has 0 bridgehead atoms. The average Bonchev–Trinajstić information content (AvgIpc) is 3.09. The molecule has 27 heavy (non-hydrogen) atoms. The van der Waals surface area contributed by atoms with Crippen molar-refractivity contribution in [1.29, 1.82) is 0 Å². The highest BCUT2D eigenvalue weighted by atomic mass is 16.4. The number of carboxylic acid groups (broad SMARTS) is 2. The number of aliphatic hydroxyl groups excluding tert-OH is 1. The van der Waals surface area contributed by atoms with Gasteiger partial charge in [-0.25, -0.2) is 4.98 Å². The van der Waals surface area contributed by atoms with Gasteiger partial charge in [-0.05, 0) is 12.1 Å². The first-order chi connectivity index (χ1) is 13.0. The third-order valence-corrected chi connectivity index (χ3v) is 3.14. The highest BCUT2D eigenvalue weighted by Crippen LogP contribution is 2.07. The summed E-state index contributed by atoms with van der Waals surface area (Å²) in [4.78, 5) is 27.6. The van der Waals surface area contributed by atoms with Crippen molar-refractivity contribution in [2.75, 3.05) is 13.2 Å². The molecule has 0 spiro atoms. The highest BCUT2D eigenvalue weighted by Gasteiger charge is 2.06. The van der Waals surface area contributed by atoms with Gasteiger partial charge in [0.1, 0.15) is 12.2 Å². The lowest BCUT2D eigenvalue weighted by Crippen LogP contribution is -2.10. The molecule has 3 aromatic rings. The maximum Gasteiger partial charge on any atom is 0.317 e. The van der Waals surface area contributed by atoms with Gasteiger partial charge in [0.2, 0.25) is 0 Å². The number of aliphatic hydroxyl groups is 1. The second-order valence-electron chi connectivity index (χ2n) is 5.12. The number of rotatable bonds is 5. The van der Waals surface area contributed by atoms with Gasteiger partial charge in [-0.1, -0.05) is 24.3 Å². The minimum atomic E-state index is -0.968. The standard InChI is InChI=1S/C9H7N.C7H10N2O3.C2H5NO2/c1-2-6-9-8(4-1)5-3-7-10-9;10-4-3-9-2-1-8-6(9)5-7(11)12;3-1-2(4)5/h1-7H;1-2,10H,3-5H2,(H,11,12);1,3H2,(H,4,5). The van der Waals surface area contributed by atoms with Gasteiger partial charge in [0, 0.05) is 30.5 Å². The molecule has 0 radical (unpaired) electrons. The Labute approximate surface area is 155 Å². The molecule has 2 heterocycles. The number of aromatic nitrogens is 3. The fourth-order valence-corrected chi connectivity index (χ4v) is 1.97. The van der Waals surface area contributed by atoms with E-state index in [2.05, 4.69) is 27.8 Å². The summed E-state index contributed by atoms with van der Waals surface area (Å²) < 4.78 is 1.62. The van der Waals surface area contributed by atoms with Crippen LogP contribution in [-0.2, 0) is 22.6 Å². The topological polar surface area (TPSA) is 152 Å². The predicted molar refractivity (Wildman–Crippen MR) is 99.1 cm³/mol. The monoisotopic (exact) mass is 374 g/mol. The number of carboxylic acids is 2. The van der Waals surface area contributed by atoms with E-state index in [9.17, 15) is 9.59 Å². The number of imidazole rings is 1. The number of para-hydroxylation sites is 1. The number of pyridine rings is 1. The first-order valence-corrected chi connectivity index (χ1v) is 8.02. The zero-order valence-electron chi connectivity index (χ0n) is 14.6. The Hall–Kier alpha value is -3.30. The van der Waals surface area contributed by atoms with Crippen LogP contribution in [0.3, 0.4) is 0 Å². The summed E-state index contributed by atoms with van der Waals surface area (Å²) in [5.41, 5.74) is 5.63. The Morgan fingerprint density at radius 1 is 1.00 bits per heavy atom. The fraction of sp³-hybridized carbons (Fsp3) is 0.222. The van der Waals surface area contributed by atoms with Crippen molar-refractivity contribution in [3.8, 4) is 0 Å². The fourth-order valence-electron chi connectivity index (χ4n) is 1.97. The molecule has 0 atom stereocenters. The quantitative estimate of drug-likeness (QED) is 0.511. The number of benzene rings is 1. The average molecular weight is 374 g/mol. The molecule has 9 nitrogen and oxygen atoms in total. The van der Waals surface area contributed by atoms with E-state index in [1.807, 2.05) is 30.5 Å². The summed E-state index contributed by atoms with van der Waals surface area (Å²) >= 11 is 0. The predicted octanol–water partition coefficient (Wildman–Crippen LogP) is 0.767. The summed E-state index contributed by atoms with van der Waals surface area (Å²) in [5, 5.41) is 25.9. The van der Waals surface area contributed by atoms with E-state index in [-0.39, 0.29) is 19.6 Å². The van der Waals surface area contributed by atoms with Crippen molar-refractivity contribution in [1.82, 2.24) is 14.5 Å². The number of nitrogens with zero attached hydrogens (tertiary/aromatic N) is 3. The Bertz CT molecular complexity index is 785. The van der Waals surface area contributed by atoms with Gasteiger partial charge in [-0.3, -0.25) is 14.6 Å². The van der Waals surface area contributed by atoms with Gasteiger partial charge < -0.3 is 25.6 Å². The van der Waals surface area contributed by atoms with E-state index in [0.717, 1.165) is 5.52 Å². The first kappa shape index (κ1) is 21.7. The lowest BCUT2D eigenvalue weighted by atomic mass is 10.2. The van der Waals surface area contributed by atoms with Gasteiger partial charge in [0.05, 0.1) is 18.7 Å². The summed E-state index contributed by atoms with van der Waals surface area (Å²) in [6.07, 6.45) is 4.87. The largest absolute Gasteiger partial charge is 0.481 e. The van der Waals surface area contributed by atoms with Crippen LogP contribution in [0.15, 0.2) is 55.0 Å². The molecule has 2 aromatic heterocycles. The molecular weight excluding hydrogens is 352 g/mol. The third-order valence-electron chi connectivity index (χ3n) is 3.14. The van der Waals surface area contributed by atoms with E-state index in [1.165, 1.54) is 11.6 Å². The van der Waals surface area contributed by atoms with E-state index in [4.69, 9.17) is 15.3 Å². The van der Waals surface area contributed by atoms with Crippen LogP contribution in [0.4, 0.5) is 0 Å². The molecule has 5 N–H and O–H groups in total. The van der Waals surface area contributed by atoms with Crippen molar-refractivity contribution in [3.05, 3.63) is 60.8 Å². The van der Waals surface area contributed by atoms with Crippen LogP contribution in [0.1, 0.15) is 5.82 Å². The second-order valence-corrected chi connectivity index (χ2v) is 5.12. The van der Waals surface area contributed by atoms with Crippen LogP contribution in [0.25, 0.3) is 10.9 Å². The Morgan fingerprint density at radius 3 is 2.26 bits per heavy atom. The van der Waals surface area contributed by atoms with E-state index in [0.29, 0.717) is 12.4 Å². The van der Waals surface area contributed by atoms with Crippen LogP contribution < -0.4 is 5.73 Å². The molecule has 0 unspecified atom stereocenters. The van der Waals surface area contributed by atoms with Gasteiger partial charge in [-0.15, -0.1) is 0 Å². The molecule has 0 aliphatic rings. The van der Waals surface area contributed by atoms with Gasteiger partial charge in [0.25, 0.3) is 0 Å². The van der Waals surface area contributed by atoms with Crippen LogP contribution in [0, 0.1) is 0 Å². The van der Waals surface area contributed by atoms with Gasteiger partial charge >= 0.3 is 11.9 Å². The van der Waals surface area contributed by atoms with E-state index >= 15 is 0 Å². The van der Waals surface area contributed by atoms with Crippen molar-refractivity contribution in [2.45, 2.75) is 13.0 Å². The maximum absolute atomic E-state index is 10.3. The molecule has 0 amide bonds. The minimum Gasteiger partial charge on any atom is -0.481 e. The zero-order valence-corrected chi connectivity index (χ0v) is 14.6. The molecule has 0 saturated carbocycles. The maximum atomic E-state index is 10.3. The molecular formula is C18H22N4O5. The zero-order chi connectivity index (χ0) is 20.1. The lowest BCUT2D eigenvalue weighted by molar-refractivity contribution is -0.137. The first-order valence-electron chi connectivity index (χ1n) is 8.02. The summed E-state index contributed by atoms with van der Waals surface area (Å²) in [7, 11) is 0. The molecule has 0 saturated heterocycles. The Balaban J connectivity index is 0.000000220. The van der Waals surface area contributed by atoms with Crippen molar-refractivity contribution in [3.63, 3.8) is 0 Å². The second kappa shape index (κ2) is 12.1. The molecule has 0 aliphatic carbocycles. The molecule has 9 heteroatoms. The van der Waals surface area contributed by atoms with Crippen molar-refractivity contribution < 1.29 is 24.9 Å². The van der Waals surface area contributed by atoms with Crippen LogP contribution in [0.2, 0.25) is 0 Å². The Kier molecular flexibility index (Phi) is 9.76. The van der Waals surface area contributed by atoms with E-state index in [1.54, 1.807) is 10.8 Å². The SMILES string of the molecule is NCC(=O)O.O=C(O)Cc1nccn1CCO.c1ccc2ncccc2c1. The number of carbonyl (C=O) groups is 2. The molecule has 3 rings (SSSR count). The normalized spacial score (nSPS) is 9.56. The highest BCUT2D eigenvalue weighted by molar-refractivity contribution is 5.77. The Morgan fingerprint density at radius 2 is 1.67 bits per heavy atom. The third kappa shape index (κ3) is 8.56. The van der Waals surface area contributed by atoms with Crippen LogP contribution >= 0.6 is 0 Å². The number of nitrogens with two attached hydrogens (primary N) is 1. The lowest BCUT2D eigenvalue weighted by Gasteiger charge is -2.02. The van der Waals surface area contributed by atoms with Crippen molar-refractivity contribution >= 4 is 22.8 Å². The summed E-state index contributed by atoms with van der Waals surface area (Å²) in [6.45, 7) is 0.103. The summed E-state index contributed by atoms with van der Waals surface area (Å²) in [5.74, 6) is -1.41. The van der Waals surface area contributed by atoms with Gasteiger partial charge in [0.15, 0.2) is 0 Å². The number of aliphatic carboxylic acids is 2. The van der Waals surface area contributed by atoms with Gasteiger partial charge in [-0.2, -0.15) is 0 Å².